The highest BCUT2D eigenvalue weighted by Gasteiger charge is 2.23. The van der Waals surface area contributed by atoms with Gasteiger partial charge in [-0.05, 0) is 18.1 Å². The largest absolute Gasteiger partial charge is 0.352 e. The minimum absolute atomic E-state index is 0.651. The van der Waals surface area contributed by atoms with Crippen LogP contribution in [-0.4, -0.2) is 56.0 Å². The summed E-state index contributed by atoms with van der Waals surface area (Å²) in [6, 6.07) is 20.9. The number of hydrogen-bond acceptors (Lipinski definition) is 6. The van der Waals surface area contributed by atoms with Crippen LogP contribution in [-0.2, 0) is 13.1 Å². The normalized spacial score (nSPS) is 15.0. The summed E-state index contributed by atoms with van der Waals surface area (Å²) in [5.41, 5.74) is 4.12. The first-order chi connectivity index (χ1) is 14.8. The van der Waals surface area contributed by atoms with E-state index in [2.05, 4.69) is 67.6 Å². The van der Waals surface area contributed by atoms with Crippen LogP contribution >= 0.6 is 0 Å². The maximum Gasteiger partial charge on any atom is 0.184 e. The van der Waals surface area contributed by atoms with E-state index in [-0.39, 0.29) is 0 Å². The molecule has 2 aromatic carbocycles. The van der Waals surface area contributed by atoms with Crippen molar-refractivity contribution in [3.05, 3.63) is 77.6 Å². The Labute approximate surface area is 176 Å². The van der Waals surface area contributed by atoms with Gasteiger partial charge in [0.2, 0.25) is 0 Å². The topological polar surface area (TPSA) is 63.0 Å². The number of piperazine rings is 1. The van der Waals surface area contributed by atoms with E-state index in [1.165, 1.54) is 11.1 Å². The number of hydrogen-bond donors (Lipinski definition) is 0. The SMILES string of the molecule is Cc1nc(N2CCN(Cc3ccccc3)CC2)c2nnn(Cc3ccccc3)c2n1. The molecular weight excluding hydrogens is 374 g/mol. The van der Waals surface area contributed by atoms with Crippen LogP contribution in [0.2, 0.25) is 0 Å². The van der Waals surface area contributed by atoms with Gasteiger partial charge < -0.3 is 4.90 Å². The Morgan fingerprint density at radius 2 is 1.40 bits per heavy atom. The second-order valence-corrected chi connectivity index (χ2v) is 7.75. The second-order valence-electron chi connectivity index (χ2n) is 7.75. The van der Waals surface area contributed by atoms with Crippen molar-refractivity contribution in [3.63, 3.8) is 0 Å². The van der Waals surface area contributed by atoms with Gasteiger partial charge in [0, 0.05) is 32.7 Å². The fourth-order valence-corrected chi connectivity index (χ4v) is 3.99. The molecule has 0 unspecified atom stereocenters. The standard InChI is InChI=1S/C23H25N7/c1-18-24-22(29-14-12-28(13-15-29)16-19-8-4-2-5-9-19)21-23(25-18)30(27-26-21)17-20-10-6-3-7-11-20/h2-11H,12-17H2,1H3. The molecule has 0 spiro atoms. The van der Waals surface area contributed by atoms with Gasteiger partial charge in [-0.1, -0.05) is 65.9 Å². The Morgan fingerprint density at radius 3 is 2.07 bits per heavy atom. The van der Waals surface area contributed by atoms with Gasteiger partial charge in [-0.3, -0.25) is 4.90 Å². The summed E-state index contributed by atoms with van der Waals surface area (Å²) in [7, 11) is 0. The van der Waals surface area contributed by atoms with Crippen molar-refractivity contribution < 1.29 is 0 Å². The van der Waals surface area contributed by atoms with Crippen LogP contribution in [0.15, 0.2) is 60.7 Å². The van der Waals surface area contributed by atoms with Gasteiger partial charge in [-0.15, -0.1) is 5.10 Å². The molecule has 7 heteroatoms. The molecule has 152 valence electrons. The van der Waals surface area contributed by atoms with Gasteiger partial charge in [-0.25, -0.2) is 14.6 Å². The minimum atomic E-state index is 0.651. The number of aromatic nitrogens is 5. The van der Waals surface area contributed by atoms with Crippen LogP contribution in [0.1, 0.15) is 17.0 Å². The summed E-state index contributed by atoms with van der Waals surface area (Å²) in [5.74, 6) is 1.65. The van der Waals surface area contributed by atoms with Crippen molar-refractivity contribution in [2.24, 2.45) is 0 Å². The van der Waals surface area contributed by atoms with Gasteiger partial charge >= 0.3 is 0 Å². The van der Waals surface area contributed by atoms with Gasteiger partial charge in [0.15, 0.2) is 17.0 Å². The van der Waals surface area contributed by atoms with E-state index < -0.39 is 0 Å². The summed E-state index contributed by atoms with van der Waals surface area (Å²) in [4.78, 5) is 14.2. The van der Waals surface area contributed by atoms with Gasteiger partial charge in [0.1, 0.15) is 5.82 Å². The highest BCUT2D eigenvalue weighted by molar-refractivity contribution is 5.83. The molecule has 5 rings (SSSR count). The number of rotatable bonds is 5. The molecule has 30 heavy (non-hydrogen) atoms. The van der Waals surface area contributed by atoms with Crippen LogP contribution in [0.5, 0.6) is 0 Å². The molecular formula is C23H25N7. The third-order valence-electron chi connectivity index (χ3n) is 5.55. The molecule has 1 saturated heterocycles. The lowest BCUT2D eigenvalue weighted by atomic mass is 10.2. The number of fused-ring (bicyclic) bond motifs is 1. The molecule has 0 aliphatic carbocycles. The van der Waals surface area contributed by atoms with Crippen LogP contribution in [0.25, 0.3) is 11.2 Å². The molecule has 2 aromatic heterocycles. The molecule has 0 N–H and O–H groups in total. The lowest BCUT2D eigenvalue weighted by Crippen LogP contribution is -2.46. The summed E-state index contributed by atoms with van der Waals surface area (Å²) < 4.78 is 1.87. The number of aryl methyl sites for hydroxylation is 1. The molecule has 0 saturated carbocycles. The molecule has 1 aliphatic rings. The molecule has 0 bridgehead atoms. The summed E-state index contributed by atoms with van der Waals surface area (Å²) in [5, 5.41) is 8.84. The quantitative estimate of drug-likeness (QED) is 0.514. The lowest BCUT2D eigenvalue weighted by Gasteiger charge is -2.35. The second kappa shape index (κ2) is 8.20. The molecule has 0 atom stereocenters. The number of nitrogens with zero attached hydrogens (tertiary/aromatic N) is 7. The van der Waals surface area contributed by atoms with Crippen LogP contribution in [0.3, 0.4) is 0 Å². The summed E-state index contributed by atoms with van der Waals surface area (Å²) in [6.45, 7) is 7.41. The smallest absolute Gasteiger partial charge is 0.184 e. The first-order valence-corrected chi connectivity index (χ1v) is 10.4. The van der Waals surface area contributed by atoms with E-state index in [4.69, 9.17) is 4.98 Å². The Kier molecular flexibility index (Phi) is 5.11. The zero-order valence-electron chi connectivity index (χ0n) is 17.1. The van der Waals surface area contributed by atoms with Crippen LogP contribution < -0.4 is 4.90 Å². The zero-order chi connectivity index (χ0) is 20.3. The van der Waals surface area contributed by atoms with E-state index >= 15 is 0 Å². The fraction of sp³-hybridized carbons (Fsp3) is 0.304. The molecule has 1 aliphatic heterocycles. The van der Waals surface area contributed by atoms with Gasteiger partial charge in [0.05, 0.1) is 6.54 Å². The first-order valence-electron chi connectivity index (χ1n) is 10.4. The Hall–Kier alpha value is -3.32. The Morgan fingerprint density at radius 1 is 0.767 bits per heavy atom. The predicted octanol–water partition coefficient (Wildman–Crippen LogP) is 2.90. The number of benzene rings is 2. The molecule has 0 amide bonds. The van der Waals surface area contributed by atoms with Crippen molar-refractivity contribution in [2.75, 3.05) is 31.1 Å². The van der Waals surface area contributed by atoms with Crippen molar-refractivity contribution in [3.8, 4) is 0 Å². The van der Waals surface area contributed by atoms with Gasteiger partial charge in [-0.2, -0.15) is 0 Å². The Bertz CT molecular complexity index is 1120. The van der Waals surface area contributed by atoms with E-state index in [1.54, 1.807) is 0 Å². The average molecular weight is 400 g/mol. The highest BCUT2D eigenvalue weighted by atomic mass is 15.5. The van der Waals surface area contributed by atoms with Gasteiger partial charge in [0.25, 0.3) is 0 Å². The minimum Gasteiger partial charge on any atom is -0.352 e. The zero-order valence-corrected chi connectivity index (χ0v) is 17.1. The van der Waals surface area contributed by atoms with E-state index in [9.17, 15) is 0 Å². The van der Waals surface area contributed by atoms with E-state index in [0.717, 1.165) is 55.5 Å². The molecule has 0 radical (unpaired) electrons. The average Bonchev–Trinajstić information content (AvgIpc) is 3.17. The van der Waals surface area contributed by atoms with Crippen LogP contribution in [0.4, 0.5) is 5.82 Å². The monoisotopic (exact) mass is 399 g/mol. The molecule has 1 fully saturated rings. The third-order valence-corrected chi connectivity index (χ3v) is 5.55. The highest BCUT2D eigenvalue weighted by Crippen LogP contribution is 2.24. The van der Waals surface area contributed by atoms with Crippen molar-refractivity contribution in [2.45, 2.75) is 20.0 Å². The number of anilines is 1. The lowest BCUT2D eigenvalue weighted by molar-refractivity contribution is 0.249. The van der Waals surface area contributed by atoms with Crippen LogP contribution in [0, 0.1) is 6.92 Å². The molecule has 4 aromatic rings. The summed E-state index contributed by atoms with van der Waals surface area (Å²) >= 11 is 0. The maximum atomic E-state index is 4.73. The Balaban J connectivity index is 1.35. The fourth-order valence-electron chi connectivity index (χ4n) is 3.99. The van der Waals surface area contributed by atoms with E-state index in [0.29, 0.717) is 6.54 Å². The first kappa shape index (κ1) is 18.7. The maximum absolute atomic E-state index is 4.73. The third kappa shape index (κ3) is 3.89. The van der Waals surface area contributed by atoms with Crippen molar-refractivity contribution >= 4 is 17.0 Å². The van der Waals surface area contributed by atoms with E-state index in [1.807, 2.05) is 29.8 Å². The predicted molar refractivity (Wildman–Crippen MR) is 117 cm³/mol. The molecule has 3 heterocycles. The van der Waals surface area contributed by atoms with Crippen molar-refractivity contribution in [1.29, 1.82) is 0 Å². The summed E-state index contributed by atoms with van der Waals surface area (Å²) in [6.07, 6.45) is 0. The molecule has 7 nitrogen and oxygen atoms in total. The van der Waals surface area contributed by atoms with Crippen molar-refractivity contribution in [1.82, 2.24) is 29.9 Å².